The lowest BCUT2D eigenvalue weighted by Crippen LogP contribution is -2.51. The Hall–Kier alpha value is -2.31. The van der Waals surface area contributed by atoms with Gasteiger partial charge in [0.15, 0.2) is 6.61 Å². The lowest BCUT2D eigenvalue weighted by Gasteiger charge is -2.33. The van der Waals surface area contributed by atoms with E-state index >= 15 is 0 Å². The van der Waals surface area contributed by atoms with Crippen LogP contribution in [-0.4, -0.2) is 41.9 Å². The number of hydrogen-bond acceptors (Lipinski definition) is 5. The second-order valence-corrected chi connectivity index (χ2v) is 4.55. The second kappa shape index (κ2) is 6.23. The van der Waals surface area contributed by atoms with Crippen LogP contribution in [0.15, 0.2) is 22.8 Å². The van der Waals surface area contributed by atoms with E-state index in [0.29, 0.717) is 13.0 Å². The average Bonchev–Trinajstić information content (AvgIpc) is 2.98. The topological polar surface area (TPSA) is 103 Å². The maximum absolute atomic E-state index is 12.0. The number of esters is 1. The molecule has 0 bridgehead atoms. The van der Waals surface area contributed by atoms with Crippen molar-refractivity contribution in [2.75, 3.05) is 13.2 Å². The maximum Gasteiger partial charge on any atom is 0.374 e. The molecule has 1 aromatic heterocycles. The van der Waals surface area contributed by atoms with Gasteiger partial charge in [-0.1, -0.05) is 0 Å². The molecule has 7 nitrogen and oxygen atoms in total. The van der Waals surface area contributed by atoms with Crippen molar-refractivity contribution in [3.05, 3.63) is 24.2 Å². The van der Waals surface area contributed by atoms with Crippen molar-refractivity contribution in [1.29, 1.82) is 0 Å². The zero-order valence-corrected chi connectivity index (χ0v) is 10.9. The second-order valence-electron chi connectivity index (χ2n) is 4.55. The minimum atomic E-state index is -0.712. The lowest BCUT2D eigenvalue weighted by molar-refractivity contribution is -0.143. The summed E-state index contributed by atoms with van der Waals surface area (Å²) in [7, 11) is 0. The monoisotopic (exact) mass is 280 g/mol. The Labute approximate surface area is 115 Å². The van der Waals surface area contributed by atoms with Crippen LogP contribution in [0, 0.1) is 0 Å². The van der Waals surface area contributed by atoms with Crippen LogP contribution in [0.3, 0.4) is 0 Å². The normalized spacial score (nSPS) is 18.6. The van der Waals surface area contributed by atoms with Crippen LogP contribution in [0.4, 0.5) is 0 Å². The predicted octanol–water partition coefficient (Wildman–Crippen LogP) is 0.303. The molecule has 2 amide bonds. The Balaban J connectivity index is 1.90. The molecule has 7 heteroatoms. The summed E-state index contributed by atoms with van der Waals surface area (Å²) in [5, 5.41) is 0. The van der Waals surface area contributed by atoms with E-state index in [1.165, 1.54) is 17.2 Å². The minimum Gasteiger partial charge on any atom is -0.457 e. The number of likely N-dealkylation sites (tertiary alicyclic amines) is 1. The van der Waals surface area contributed by atoms with Crippen molar-refractivity contribution >= 4 is 17.8 Å². The number of primary amides is 1. The molecule has 0 spiro atoms. The lowest BCUT2D eigenvalue weighted by atomic mass is 10.0. The van der Waals surface area contributed by atoms with Gasteiger partial charge in [-0.05, 0) is 31.4 Å². The Morgan fingerprint density at radius 1 is 1.40 bits per heavy atom. The smallest absolute Gasteiger partial charge is 0.374 e. The molecular weight excluding hydrogens is 264 g/mol. The molecule has 20 heavy (non-hydrogen) atoms. The summed E-state index contributed by atoms with van der Waals surface area (Å²) in [6.07, 6.45) is 3.55. The zero-order valence-electron chi connectivity index (χ0n) is 10.9. The number of hydrogen-bond donors (Lipinski definition) is 1. The van der Waals surface area contributed by atoms with Crippen molar-refractivity contribution in [2.45, 2.75) is 25.3 Å². The summed E-state index contributed by atoms with van der Waals surface area (Å²) in [4.78, 5) is 36.2. The van der Waals surface area contributed by atoms with Gasteiger partial charge in [-0.3, -0.25) is 9.59 Å². The highest BCUT2D eigenvalue weighted by Crippen LogP contribution is 2.17. The molecule has 2 N–H and O–H groups in total. The Morgan fingerprint density at radius 2 is 2.20 bits per heavy atom. The summed E-state index contributed by atoms with van der Waals surface area (Å²) < 4.78 is 9.71. The fraction of sp³-hybridized carbons (Fsp3) is 0.462. The number of rotatable bonds is 4. The highest BCUT2D eigenvalue weighted by molar-refractivity contribution is 5.90. The first kappa shape index (κ1) is 14.1. The number of carbonyl (C=O) groups is 3. The number of nitrogens with zero attached hydrogens (tertiary/aromatic N) is 1. The van der Waals surface area contributed by atoms with Gasteiger partial charge in [0.25, 0.3) is 5.91 Å². The van der Waals surface area contributed by atoms with Gasteiger partial charge < -0.3 is 19.8 Å². The van der Waals surface area contributed by atoms with E-state index in [1.807, 2.05) is 0 Å². The van der Waals surface area contributed by atoms with E-state index in [2.05, 4.69) is 0 Å². The Kier molecular flexibility index (Phi) is 4.39. The zero-order chi connectivity index (χ0) is 14.5. The number of amides is 2. The van der Waals surface area contributed by atoms with Gasteiger partial charge in [-0.2, -0.15) is 0 Å². The Bertz CT molecular complexity index is 497. The van der Waals surface area contributed by atoms with Crippen LogP contribution >= 0.6 is 0 Å². The third-order valence-corrected chi connectivity index (χ3v) is 3.20. The van der Waals surface area contributed by atoms with Gasteiger partial charge in [0.05, 0.1) is 6.26 Å². The molecule has 0 unspecified atom stereocenters. The maximum atomic E-state index is 12.0. The fourth-order valence-corrected chi connectivity index (χ4v) is 2.20. The van der Waals surface area contributed by atoms with E-state index in [0.717, 1.165) is 12.8 Å². The number of piperidine rings is 1. The summed E-state index contributed by atoms with van der Waals surface area (Å²) in [6, 6.07) is 2.38. The van der Waals surface area contributed by atoms with E-state index in [4.69, 9.17) is 14.9 Å². The molecule has 1 fully saturated rings. The number of nitrogens with two attached hydrogens (primary N) is 1. The van der Waals surface area contributed by atoms with Gasteiger partial charge >= 0.3 is 5.97 Å². The van der Waals surface area contributed by atoms with Crippen molar-refractivity contribution < 1.29 is 23.5 Å². The van der Waals surface area contributed by atoms with Crippen LogP contribution in [0.1, 0.15) is 29.8 Å². The summed E-state index contributed by atoms with van der Waals surface area (Å²) in [5.74, 6) is -1.64. The molecule has 108 valence electrons. The van der Waals surface area contributed by atoms with E-state index in [9.17, 15) is 14.4 Å². The van der Waals surface area contributed by atoms with Crippen LogP contribution in [-0.2, 0) is 14.3 Å². The van der Waals surface area contributed by atoms with Gasteiger partial charge in [-0.25, -0.2) is 4.79 Å². The minimum absolute atomic E-state index is 0.0305. The van der Waals surface area contributed by atoms with Crippen LogP contribution < -0.4 is 5.73 Å². The quantitative estimate of drug-likeness (QED) is 0.799. The van der Waals surface area contributed by atoms with Crippen molar-refractivity contribution in [1.82, 2.24) is 4.90 Å². The highest BCUT2D eigenvalue weighted by Gasteiger charge is 2.31. The SMILES string of the molecule is NC(=O)[C@@H]1CCCCN1C(=O)COC(=O)c1ccco1. The Morgan fingerprint density at radius 3 is 2.85 bits per heavy atom. The first-order valence-corrected chi connectivity index (χ1v) is 6.39. The summed E-state index contributed by atoms with van der Waals surface area (Å²) >= 11 is 0. The number of carbonyl (C=O) groups excluding carboxylic acids is 3. The van der Waals surface area contributed by atoms with Gasteiger partial charge in [0.2, 0.25) is 11.7 Å². The van der Waals surface area contributed by atoms with E-state index in [-0.39, 0.29) is 5.76 Å². The van der Waals surface area contributed by atoms with E-state index < -0.39 is 30.4 Å². The molecule has 0 radical (unpaired) electrons. The molecular formula is C13H16N2O5. The number of ether oxygens (including phenoxy) is 1. The molecule has 2 rings (SSSR count). The molecule has 1 saturated heterocycles. The third kappa shape index (κ3) is 3.17. The fourth-order valence-electron chi connectivity index (χ4n) is 2.20. The molecule has 1 aromatic rings. The van der Waals surface area contributed by atoms with Crippen LogP contribution in [0.5, 0.6) is 0 Å². The van der Waals surface area contributed by atoms with Gasteiger partial charge in [0.1, 0.15) is 6.04 Å². The van der Waals surface area contributed by atoms with Crippen LogP contribution in [0.2, 0.25) is 0 Å². The van der Waals surface area contributed by atoms with E-state index in [1.54, 1.807) is 6.07 Å². The first-order valence-electron chi connectivity index (χ1n) is 6.39. The molecule has 1 aliphatic heterocycles. The van der Waals surface area contributed by atoms with Crippen molar-refractivity contribution in [3.63, 3.8) is 0 Å². The highest BCUT2D eigenvalue weighted by atomic mass is 16.5. The third-order valence-electron chi connectivity index (χ3n) is 3.20. The van der Waals surface area contributed by atoms with Crippen molar-refractivity contribution in [2.24, 2.45) is 5.73 Å². The molecule has 1 aliphatic rings. The molecule has 0 aromatic carbocycles. The number of furan rings is 1. The van der Waals surface area contributed by atoms with Gasteiger partial charge in [0, 0.05) is 6.54 Å². The van der Waals surface area contributed by atoms with Crippen molar-refractivity contribution in [3.8, 4) is 0 Å². The van der Waals surface area contributed by atoms with Crippen LogP contribution in [0.25, 0.3) is 0 Å². The standard InChI is InChI=1S/C13H16N2O5/c14-12(17)9-4-1-2-6-15(9)11(16)8-20-13(18)10-5-3-7-19-10/h3,5,7,9H,1-2,4,6,8H2,(H2,14,17)/t9-/m0/s1. The predicted molar refractivity (Wildman–Crippen MR) is 67.5 cm³/mol. The average molecular weight is 280 g/mol. The molecule has 0 saturated carbocycles. The molecule has 1 atom stereocenters. The molecule has 0 aliphatic carbocycles. The first-order chi connectivity index (χ1) is 9.59. The summed E-state index contributed by atoms with van der Waals surface area (Å²) in [6.45, 7) is 0.0219. The molecule has 2 heterocycles. The largest absolute Gasteiger partial charge is 0.457 e. The van der Waals surface area contributed by atoms with Gasteiger partial charge in [-0.15, -0.1) is 0 Å². The summed E-state index contributed by atoms with van der Waals surface area (Å²) in [5.41, 5.74) is 5.27.